The normalized spacial score (nSPS) is 13.6. The third-order valence-corrected chi connectivity index (χ3v) is 7.58. The number of aryl methyl sites for hydroxylation is 2. The van der Waals surface area contributed by atoms with Crippen LogP contribution in [0.2, 0.25) is 0 Å². The second-order valence-electron chi connectivity index (χ2n) is 11.5. The molecule has 0 aromatic heterocycles. The molecule has 0 unspecified atom stereocenters. The lowest BCUT2D eigenvalue weighted by Gasteiger charge is -2.40. The molecular weight excluding hydrogens is 436 g/mol. The van der Waals surface area contributed by atoms with Crippen LogP contribution in [-0.2, 0) is 5.41 Å². The molecule has 0 amide bonds. The average molecular weight is 471 g/mol. The van der Waals surface area contributed by atoms with Gasteiger partial charge in [0.15, 0.2) is 5.69 Å². The molecule has 5 rings (SSSR count). The van der Waals surface area contributed by atoms with Gasteiger partial charge in [-0.2, -0.15) is 0 Å². The highest BCUT2D eigenvalue weighted by molar-refractivity contribution is 5.93. The third kappa shape index (κ3) is 3.71. The van der Waals surface area contributed by atoms with Crippen molar-refractivity contribution in [1.82, 2.24) is 0 Å². The SMILES string of the molecule is [C-]#[N+]c1cccc2c1-c1cc(N(c3cc(-c4ccccc4)ccc3C)C(C)(C)C)c(C)cc1C2(C)C. The van der Waals surface area contributed by atoms with E-state index in [4.69, 9.17) is 6.57 Å². The molecule has 0 bridgehead atoms. The van der Waals surface area contributed by atoms with Crippen LogP contribution in [0.1, 0.15) is 56.9 Å². The van der Waals surface area contributed by atoms with Crippen molar-refractivity contribution in [1.29, 1.82) is 0 Å². The van der Waals surface area contributed by atoms with Gasteiger partial charge in [-0.25, -0.2) is 4.85 Å². The maximum Gasteiger partial charge on any atom is 0.195 e. The summed E-state index contributed by atoms with van der Waals surface area (Å²) in [6.07, 6.45) is 0. The lowest BCUT2D eigenvalue weighted by Crippen LogP contribution is -2.38. The Bertz CT molecular complexity index is 1510. The second-order valence-corrected chi connectivity index (χ2v) is 11.5. The third-order valence-electron chi connectivity index (χ3n) is 7.58. The molecular formula is C34H34N2. The van der Waals surface area contributed by atoms with Crippen molar-refractivity contribution in [2.24, 2.45) is 0 Å². The Morgan fingerprint density at radius 1 is 0.722 bits per heavy atom. The van der Waals surface area contributed by atoms with Gasteiger partial charge < -0.3 is 4.90 Å². The highest BCUT2D eigenvalue weighted by Gasteiger charge is 2.38. The molecule has 1 aliphatic rings. The number of hydrogen-bond donors (Lipinski definition) is 0. The first-order chi connectivity index (χ1) is 17.0. The Hall–Kier alpha value is -3.83. The van der Waals surface area contributed by atoms with Crippen LogP contribution in [0.25, 0.3) is 27.1 Å². The molecule has 0 radical (unpaired) electrons. The lowest BCUT2D eigenvalue weighted by molar-refractivity contribution is 0.558. The zero-order valence-electron chi connectivity index (χ0n) is 22.4. The highest BCUT2D eigenvalue weighted by atomic mass is 15.2. The van der Waals surface area contributed by atoms with Crippen molar-refractivity contribution in [3.63, 3.8) is 0 Å². The minimum Gasteiger partial charge on any atom is -0.336 e. The fraction of sp³-hybridized carbons (Fsp3) is 0.265. The van der Waals surface area contributed by atoms with Gasteiger partial charge in [0.25, 0.3) is 0 Å². The Balaban J connectivity index is 1.76. The molecule has 0 aliphatic heterocycles. The molecule has 0 spiro atoms. The summed E-state index contributed by atoms with van der Waals surface area (Å²) in [7, 11) is 0. The molecule has 1 aliphatic carbocycles. The van der Waals surface area contributed by atoms with Crippen LogP contribution in [0, 0.1) is 20.4 Å². The van der Waals surface area contributed by atoms with Gasteiger partial charge in [-0.05, 0) is 91.3 Å². The van der Waals surface area contributed by atoms with Crippen LogP contribution in [0.5, 0.6) is 0 Å². The van der Waals surface area contributed by atoms with E-state index >= 15 is 0 Å². The number of nitrogens with zero attached hydrogens (tertiary/aromatic N) is 2. The largest absolute Gasteiger partial charge is 0.336 e. The smallest absolute Gasteiger partial charge is 0.195 e. The van der Waals surface area contributed by atoms with E-state index in [1.165, 1.54) is 50.3 Å². The van der Waals surface area contributed by atoms with Crippen molar-refractivity contribution in [3.8, 4) is 22.3 Å². The van der Waals surface area contributed by atoms with E-state index in [1.807, 2.05) is 12.1 Å². The monoisotopic (exact) mass is 470 g/mol. The number of anilines is 2. The van der Waals surface area contributed by atoms with Crippen molar-refractivity contribution < 1.29 is 0 Å². The zero-order valence-corrected chi connectivity index (χ0v) is 22.4. The number of benzene rings is 4. The zero-order chi connectivity index (χ0) is 25.8. The molecule has 0 N–H and O–H groups in total. The van der Waals surface area contributed by atoms with Crippen LogP contribution < -0.4 is 4.90 Å². The first-order valence-electron chi connectivity index (χ1n) is 12.7. The summed E-state index contributed by atoms with van der Waals surface area (Å²) in [5, 5.41) is 0. The minimum absolute atomic E-state index is 0.135. The maximum atomic E-state index is 7.85. The van der Waals surface area contributed by atoms with Crippen LogP contribution in [0.4, 0.5) is 17.1 Å². The molecule has 4 aromatic rings. The first-order valence-corrected chi connectivity index (χ1v) is 12.7. The summed E-state index contributed by atoms with van der Waals surface area (Å²) < 4.78 is 0. The van der Waals surface area contributed by atoms with Gasteiger partial charge >= 0.3 is 0 Å². The van der Waals surface area contributed by atoms with Crippen LogP contribution in [-0.4, -0.2) is 5.54 Å². The quantitative estimate of drug-likeness (QED) is 0.270. The number of hydrogen-bond acceptors (Lipinski definition) is 1. The minimum atomic E-state index is -0.157. The molecule has 180 valence electrons. The second kappa shape index (κ2) is 8.38. The van der Waals surface area contributed by atoms with Gasteiger partial charge in [0.05, 0.1) is 6.57 Å². The first kappa shape index (κ1) is 23.9. The van der Waals surface area contributed by atoms with Gasteiger partial charge in [0, 0.05) is 22.3 Å². The Morgan fingerprint density at radius 2 is 1.42 bits per heavy atom. The molecule has 0 saturated heterocycles. The van der Waals surface area contributed by atoms with Crippen molar-refractivity contribution >= 4 is 17.1 Å². The summed E-state index contributed by atoms with van der Waals surface area (Å²) >= 11 is 0. The molecule has 2 heteroatoms. The Morgan fingerprint density at radius 3 is 2.08 bits per heavy atom. The van der Waals surface area contributed by atoms with E-state index in [9.17, 15) is 0 Å². The van der Waals surface area contributed by atoms with Crippen molar-refractivity contribution in [2.45, 2.75) is 59.4 Å². The van der Waals surface area contributed by atoms with Crippen LogP contribution in [0.15, 0.2) is 78.9 Å². The standard InChI is InChI=1S/C34H34N2/c1-22-17-18-25(24-13-10-9-11-14-24)20-30(22)36(33(3,4)5)31-21-26-28(19-23(31)2)34(6,7)27-15-12-16-29(35-8)32(26)27/h9-21H,1-7H3. The fourth-order valence-electron chi connectivity index (χ4n) is 5.76. The fourth-order valence-corrected chi connectivity index (χ4v) is 5.76. The number of rotatable bonds is 3. The Labute approximate surface area is 216 Å². The van der Waals surface area contributed by atoms with E-state index in [-0.39, 0.29) is 11.0 Å². The van der Waals surface area contributed by atoms with E-state index in [2.05, 4.69) is 125 Å². The molecule has 4 aromatic carbocycles. The van der Waals surface area contributed by atoms with E-state index < -0.39 is 0 Å². The Kier molecular flexibility index (Phi) is 5.56. The van der Waals surface area contributed by atoms with Crippen LogP contribution >= 0.6 is 0 Å². The van der Waals surface area contributed by atoms with Gasteiger partial charge in [0.2, 0.25) is 0 Å². The molecule has 0 saturated carbocycles. The molecule has 36 heavy (non-hydrogen) atoms. The lowest BCUT2D eigenvalue weighted by atomic mass is 9.81. The summed E-state index contributed by atoms with van der Waals surface area (Å²) in [5.74, 6) is 0. The molecule has 0 atom stereocenters. The highest BCUT2D eigenvalue weighted by Crippen LogP contribution is 2.54. The van der Waals surface area contributed by atoms with Crippen molar-refractivity contribution in [3.05, 3.63) is 113 Å². The van der Waals surface area contributed by atoms with E-state index in [0.717, 1.165) is 11.3 Å². The molecule has 2 nitrogen and oxygen atoms in total. The summed E-state index contributed by atoms with van der Waals surface area (Å²) in [6, 6.07) is 28.2. The van der Waals surface area contributed by atoms with Gasteiger partial charge in [0.1, 0.15) is 0 Å². The van der Waals surface area contributed by atoms with E-state index in [1.54, 1.807) is 0 Å². The van der Waals surface area contributed by atoms with Gasteiger partial charge in [-0.1, -0.05) is 80.6 Å². The van der Waals surface area contributed by atoms with Crippen molar-refractivity contribution in [2.75, 3.05) is 4.90 Å². The predicted octanol–water partition coefficient (Wildman–Crippen LogP) is 9.76. The summed E-state index contributed by atoms with van der Waals surface area (Å²) in [6.45, 7) is 23.6. The summed E-state index contributed by atoms with van der Waals surface area (Å²) in [4.78, 5) is 6.39. The molecule has 0 heterocycles. The average Bonchev–Trinajstić information content (AvgIpc) is 3.06. The van der Waals surface area contributed by atoms with E-state index in [0.29, 0.717) is 0 Å². The van der Waals surface area contributed by atoms with Crippen LogP contribution in [0.3, 0.4) is 0 Å². The summed E-state index contributed by atoms with van der Waals surface area (Å²) in [5.41, 5.74) is 12.6. The topological polar surface area (TPSA) is 7.60 Å². The molecule has 0 fully saturated rings. The maximum absolute atomic E-state index is 7.85. The van der Waals surface area contributed by atoms with Gasteiger partial charge in [-0.15, -0.1) is 0 Å². The number of fused-ring (bicyclic) bond motifs is 3. The predicted molar refractivity (Wildman–Crippen MR) is 154 cm³/mol. The van der Waals surface area contributed by atoms with Gasteiger partial charge in [-0.3, -0.25) is 0 Å².